The van der Waals surface area contributed by atoms with Gasteiger partial charge in [-0.05, 0) is 30.3 Å². The first-order valence-electron chi connectivity index (χ1n) is 6.28. The number of hydrogen-bond donors (Lipinski definition) is 1. The number of fused-ring (bicyclic) bond motifs is 1. The van der Waals surface area contributed by atoms with E-state index in [1.807, 2.05) is 0 Å². The Labute approximate surface area is 124 Å². The molecule has 0 atom stereocenters. The Kier molecular flexibility index (Phi) is 3.25. The largest absolute Gasteiger partial charge is 0.416 e. The van der Waals surface area contributed by atoms with Gasteiger partial charge in [0.2, 0.25) is 9.84 Å². The smallest absolute Gasteiger partial charge is 0.345 e. The van der Waals surface area contributed by atoms with Crippen LogP contribution in [0.15, 0.2) is 64.5 Å². The number of nitrogens with one attached hydrogen (secondary N) is 1. The van der Waals surface area contributed by atoms with Gasteiger partial charge in [-0.2, -0.15) is 13.2 Å². The summed E-state index contributed by atoms with van der Waals surface area (Å²) >= 11 is 0. The summed E-state index contributed by atoms with van der Waals surface area (Å²) in [6, 6.07) is 12.1. The molecule has 0 unspecified atom stereocenters. The number of sulfone groups is 1. The van der Waals surface area contributed by atoms with Gasteiger partial charge in [-0.3, -0.25) is 0 Å². The van der Waals surface area contributed by atoms with Crippen LogP contribution >= 0.6 is 0 Å². The van der Waals surface area contributed by atoms with Gasteiger partial charge in [0.15, 0.2) is 0 Å². The summed E-state index contributed by atoms with van der Waals surface area (Å²) in [5.74, 6) is 0. The van der Waals surface area contributed by atoms with E-state index >= 15 is 0 Å². The molecule has 7 heteroatoms. The van der Waals surface area contributed by atoms with Crippen molar-refractivity contribution >= 4 is 20.7 Å². The van der Waals surface area contributed by atoms with Gasteiger partial charge >= 0.3 is 6.18 Å². The van der Waals surface area contributed by atoms with Crippen LogP contribution in [0.5, 0.6) is 0 Å². The van der Waals surface area contributed by atoms with Crippen molar-refractivity contribution in [3.63, 3.8) is 0 Å². The third-order valence-electron chi connectivity index (χ3n) is 3.27. The summed E-state index contributed by atoms with van der Waals surface area (Å²) in [6.07, 6.45) is -4.47. The van der Waals surface area contributed by atoms with Gasteiger partial charge in [0.1, 0.15) is 5.03 Å². The molecule has 0 amide bonds. The Morgan fingerprint density at radius 1 is 0.909 bits per heavy atom. The standard InChI is InChI=1S/C15H10F3NO2S/c16-15(17,18)11-7-6-10-8-14(19-13(10)9-11)22(20,21)12-4-2-1-3-5-12/h1-9,19H. The number of hydrogen-bond acceptors (Lipinski definition) is 2. The van der Waals surface area contributed by atoms with Crippen LogP contribution in [-0.4, -0.2) is 13.4 Å². The van der Waals surface area contributed by atoms with E-state index in [1.54, 1.807) is 18.2 Å². The van der Waals surface area contributed by atoms with Crippen LogP contribution in [0.3, 0.4) is 0 Å². The molecule has 3 aromatic rings. The molecule has 3 rings (SSSR count). The third-order valence-corrected chi connectivity index (χ3v) is 4.96. The number of halogens is 3. The van der Waals surface area contributed by atoms with E-state index in [9.17, 15) is 21.6 Å². The Hall–Kier alpha value is -2.28. The van der Waals surface area contributed by atoms with E-state index in [1.165, 1.54) is 24.3 Å². The van der Waals surface area contributed by atoms with Crippen molar-refractivity contribution in [3.8, 4) is 0 Å². The lowest BCUT2D eigenvalue weighted by atomic mass is 10.1. The summed E-state index contributed by atoms with van der Waals surface area (Å²) in [7, 11) is -3.79. The normalized spacial score (nSPS) is 12.7. The Bertz CT molecular complexity index is 928. The highest BCUT2D eigenvalue weighted by Gasteiger charge is 2.31. The molecule has 0 radical (unpaired) electrons. The molecule has 0 spiro atoms. The quantitative estimate of drug-likeness (QED) is 0.773. The Morgan fingerprint density at radius 2 is 1.59 bits per heavy atom. The van der Waals surface area contributed by atoms with Crippen molar-refractivity contribution in [1.29, 1.82) is 0 Å². The molecule has 3 nitrogen and oxygen atoms in total. The molecule has 1 heterocycles. The number of rotatable bonds is 2. The molecular formula is C15H10F3NO2S. The fraction of sp³-hybridized carbons (Fsp3) is 0.0667. The van der Waals surface area contributed by atoms with Gasteiger partial charge in [-0.15, -0.1) is 0 Å². The maximum Gasteiger partial charge on any atom is 0.416 e. The predicted octanol–water partition coefficient (Wildman–Crippen LogP) is 4.02. The molecule has 0 aliphatic rings. The van der Waals surface area contributed by atoms with Crippen LogP contribution in [0.25, 0.3) is 10.9 Å². The second kappa shape index (κ2) is 4.88. The molecule has 0 saturated carbocycles. The van der Waals surface area contributed by atoms with E-state index in [0.717, 1.165) is 12.1 Å². The monoisotopic (exact) mass is 325 g/mol. The molecule has 0 aliphatic carbocycles. The molecule has 1 aromatic heterocycles. The van der Waals surface area contributed by atoms with Crippen molar-refractivity contribution in [2.45, 2.75) is 16.1 Å². The van der Waals surface area contributed by atoms with Crippen LogP contribution in [0.2, 0.25) is 0 Å². The fourth-order valence-corrected chi connectivity index (χ4v) is 3.44. The molecule has 0 fully saturated rings. The van der Waals surface area contributed by atoms with Gasteiger partial charge in [0, 0.05) is 10.9 Å². The van der Waals surface area contributed by atoms with Gasteiger partial charge in [-0.1, -0.05) is 24.3 Å². The maximum atomic E-state index is 12.7. The lowest BCUT2D eigenvalue weighted by molar-refractivity contribution is -0.137. The summed E-state index contributed by atoms with van der Waals surface area (Å²) in [5.41, 5.74) is -0.699. The predicted molar refractivity (Wildman–Crippen MR) is 75.2 cm³/mol. The van der Waals surface area contributed by atoms with Crippen molar-refractivity contribution in [2.24, 2.45) is 0 Å². The molecule has 114 valence electrons. The molecule has 0 aliphatic heterocycles. The average molecular weight is 325 g/mol. The van der Waals surface area contributed by atoms with Crippen molar-refractivity contribution in [2.75, 3.05) is 0 Å². The summed E-state index contributed by atoms with van der Waals surface area (Å²) in [6.45, 7) is 0. The Balaban J connectivity index is 2.13. The number of alkyl halides is 3. The Morgan fingerprint density at radius 3 is 2.23 bits per heavy atom. The number of benzene rings is 2. The number of H-pyrrole nitrogens is 1. The molecule has 0 bridgehead atoms. The minimum atomic E-state index is -4.47. The molecule has 22 heavy (non-hydrogen) atoms. The van der Waals surface area contributed by atoms with Crippen molar-refractivity contribution in [1.82, 2.24) is 4.98 Å². The van der Waals surface area contributed by atoms with Crippen LogP contribution in [0.4, 0.5) is 13.2 Å². The number of aromatic amines is 1. The summed E-state index contributed by atoms with van der Waals surface area (Å²) < 4.78 is 62.9. The first-order chi connectivity index (χ1) is 10.3. The van der Waals surface area contributed by atoms with Crippen LogP contribution in [0.1, 0.15) is 5.56 Å². The first-order valence-corrected chi connectivity index (χ1v) is 7.77. The summed E-state index contributed by atoms with van der Waals surface area (Å²) in [4.78, 5) is 2.64. The van der Waals surface area contributed by atoms with E-state index in [2.05, 4.69) is 4.98 Å². The van der Waals surface area contributed by atoms with Crippen molar-refractivity contribution < 1.29 is 21.6 Å². The van der Waals surface area contributed by atoms with Crippen LogP contribution in [-0.2, 0) is 16.0 Å². The van der Waals surface area contributed by atoms with Crippen molar-refractivity contribution in [3.05, 3.63) is 60.2 Å². The highest BCUT2D eigenvalue weighted by Crippen LogP contribution is 2.32. The zero-order valence-electron chi connectivity index (χ0n) is 11.1. The summed E-state index contributed by atoms with van der Waals surface area (Å²) in [5, 5.41) is 0.274. The first kappa shape index (κ1) is 14.6. The average Bonchev–Trinajstić information content (AvgIpc) is 2.91. The van der Waals surface area contributed by atoms with Crippen LogP contribution in [0, 0.1) is 0 Å². The van der Waals surface area contributed by atoms with E-state index in [0.29, 0.717) is 5.39 Å². The minimum absolute atomic E-state index is 0.0811. The SMILES string of the molecule is O=S(=O)(c1ccccc1)c1cc2ccc(C(F)(F)F)cc2[nH]1. The fourth-order valence-electron chi connectivity index (χ4n) is 2.15. The number of aromatic nitrogens is 1. The molecular weight excluding hydrogens is 315 g/mol. The maximum absolute atomic E-state index is 12.7. The lowest BCUT2D eigenvalue weighted by Gasteiger charge is -2.05. The lowest BCUT2D eigenvalue weighted by Crippen LogP contribution is -2.04. The molecule has 2 aromatic carbocycles. The van der Waals surface area contributed by atoms with Gasteiger partial charge < -0.3 is 4.98 Å². The van der Waals surface area contributed by atoms with E-state index < -0.39 is 21.6 Å². The second-order valence-electron chi connectivity index (χ2n) is 4.75. The van der Waals surface area contributed by atoms with Crippen LogP contribution < -0.4 is 0 Å². The zero-order valence-corrected chi connectivity index (χ0v) is 11.9. The highest BCUT2D eigenvalue weighted by atomic mass is 32.2. The zero-order chi connectivity index (χ0) is 16.0. The minimum Gasteiger partial charge on any atom is -0.345 e. The van der Waals surface area contributed by atoms with Gasteiger partial charge in [-0.25, -0.2) is 8.42 Å². The third kappa shape index (κ3) is 2.48. The van der Waals surface area contributed by atoms with E-state index in [4.69, 9.17) is 0 Å². The van der Waals surface area contributed by atoms with Gasteiger partial charge in [0.25, 0.3) is 0 Å². The second-order valence-corrected chi connectivity index (χ2v) is 6.67. The topological polar surface area (TPSA) is 49.9 Å². The highest BCUT2D eigenvalue weighted by molar-refractivity contribution is 7.91. The van der Waals surface area contributed by atoms with Gasteiger partial charge in [0.05, 0.1) is 10.5 Å². The molecule has 1 N–H and O–H groups in total. The van der Waals surface area contributed by atoms with E-state index in [-0.39, 0.29) is 15.4 Å². The molecule has 0 saturated heterocycles.